The Bertz CT molecular complexity index is 360. The molecule has 3 nitrogen and oxygen atoms in total. The minimum Gasteiger partial charge on any atom is -0.389 e. The largest absolute Gasteiger partial charge is 0.389 e. The molecule has 2 fully saturated rings. The maximum Gasteiger partial charge on any atom is 0.0897 e. The molecule has 0 aromatic rings. The summed E-state index contributed by atoms with van der Waals surface area (Å²) in [6, 6.07) is 0.656. The molecule has 2 bridgehead atoms. The van der Waals surface area contributed by atoms with Crippen LogP contribution in [0.4, 0.5) is 0 Å². The van der Waals surface area contributed by atoms with Gasteiger partial charge in [0.05, 0.1) is 19.3 Å². The van der Waals surface area contributed by atoms with Crippen molar-refractivity contribution in [2.45, 2.75) is 51.7 Å². The van der Waals surface area contributed by atoms with E-state index in [4.69, 9.17) is 4.74 Å². The van der Waals surface area contributed by atoms with Crippen LogP contribution < -0.4 is 5.32 Å². The van der Waals surface area contributed by atoms with Gasteiger partial charge in [0.1, 0.15) is 0 Å². The van der Waals surface area contributed by atoms with Gasteiger partial charge in [-0.05, 0) is 48.5 Å². The van der Waals surface area contributed by atoms with Gasteiger partial charge in [-0.2, -0.15) is 0 Å². The quantitative estimate of drug-likeness (QED) is 0.693. The molecule has 4 rings (SSSR count). The van der Waals surface area contributed by atoms with E-state index in [-0.39, 0.29) is 6.10 Å². The number of nitrogens with one attached hydrogen (secondary N) is 1. The van der Waals surface area contributed by atoms with Crippen molar-refractivity contribution in [3.8, 4) is 0 Å². The molecule has 19 heavy (non-hydrogen) atoms. The van der Waals surface area contributed by atoms with Crippen molar-refractivity contribution in [2.24, 2.45) is 17.3 Å². The molecule has 3 atom stereocenters. The number of aliphatic hydroxyl groups excluding tert-OH is 1. The molecule has 0 amide bonds. The van der Waals surface area contributed by atoms with Crippen LogP contribution in [0.2, 0.25) is 0 Å². The highest BCUT2D eigenvalue weighted by atomic mass is 16.5. The molecular formula is C16H27NO2. The Morgan fingerprint density at radius 2 is 2.26 bits per heavy atom. The van der Waals surface area contributed by atoms with Crippen LogP contribution in [0.3, 0.4) is 0 Å². The Morgan fingerprint density at radius 1 is 1.47 bits per heavy atom. The highest BCUT2D eigenvalue weighted by Gasteiger charge is 2.50. The number of fused-ring (bicyclic) bond motifs is 1. The van der Waals surface area contributed by atoms with Crippen LogP contribution in [0.5, 0.6) is 0 Å². The van der Waals surface area contributed by atoms with Crippen molar-refractivity contribution in [1.82, 2.24) is 5.32 Å². The number of allylic oxidation sites excluding steroid dienone is 1. The maximum absolute atomic E-state index is 9.83. The van der Waals surface area contributed by atoms with Crippen molar-refractivity contribution in [2.75, 3.05) is 19.8 Å². The highest BCUT2D eigenvalue weighted by molar-refractivity contribution is 5.23. The average Bonchev–Trinajstić information content (AvgIpc) is 3.20. The van der Waals surface area contributed by atoms with Gasteiger partial charge in [0, 0.05) is 12.6 Å². The van der Waals surface area contributed by atoms with Crippen molar-refractivity contribution >= 4 is 0 Å². The smallest absolute Gasteiger partial charge is 0.0897 e. The van der Waals surface area contributed by atoms with Gasteiger partial charge in [0.2, 0.25) is 0 Å². The molecule has 2 N–H and O–H groups in total. The summed E-state index contributed by atoms with van der Waals surface area (Å²) in [5, 5.41) is 13.2. The van der Waals surface area contributed by atoms with Gasteiger partial charge in [-0.25, -0.2) is 0 Å². The predicted octanol–water partition coefficient (Wildman–Crippen LogP) is 2.11. The molecule has 0 unspecified atom stereocenters. The molecule has 0 aromatic carbocycles. The number of rotatable bonds is 7. The summed E-state index contributed by atoms with van der Waals surface area (Å²) in [5.41, 5.74) is 1.94. The molecule has 0 radical (unpaired) electrons. The van der Waals surface area contributed by atoms with E-state index in [1.165, 1.54) is 31.3 Å². The average molecular weight is 265 g/mol. The summed E-state index contributed by atoms with van der Waals surface area (Å²) in [7, 11) is 0. The Morgan fingerprint density at radius 3 is 2.89 bits per heavy atom. The topological polar surface area (TPSA) is 41.5 Å². The summed E-state index contributed by atoms with van der Waals surface area (Å²) < 4.78 is 5.72. The number of hydrogen-bond acceptors (Lipinski definition) is 3. The van der Waals surface area contributed by atoms with Crippen LogP contribution in [0.1, 0.15) is 39.5 Å². The number of hydrogen-bond donors (Lipinski definition) is 2. The normalized spacial score (nSPS) is 33.5. The van der Waals surface area contributed by atoms with Crippen LogP contribution in [-0.4, -0.2) is 37.0 Å². The Labute approximate surface area is 116 Å². The molecule has 0 aromatic heterocycles. The van der Waals surface area contributed by atoms with Gasteiger partial charge in [0.25, 0.3) is 0 Å². The standard InChI is InChI=1S/C16H27NO2/c1-16(2)12-4-3-11(15(16)7-12)9-19-10-14(18)8-17-13-5-6-13/h3,12-15,17-18H,4-10H2,1-2H3/t12-,14+,15+/m0/s1. The maximum atomic E-state index is 9.83. The molecule has 0 saturated heterocycles. The van der Waals surface area contributed by atoms with E-state index in [0.29, 0.717) is 37.1 Å². The fraction of sp³-hybridized carbons (Fsp3) is 0.875. The van der Waals surface area contributed by atoms with Crippen LogP contribution in [0.15, 0.2) is 11.6 Å². The minimum absolute atomic E-state index is 0.369. The summed E-state index contributed by atoms with van der Waals surface area (Å²) in [5.74, 6) is 1.60. The molecule has 3 heteroatoms. The van der Waals surface area contributed by atoms with Crippen LogP contribution >= 0.6 is 0 Å². The first kappa shape index (κ1) is 13.6. The molecule has 4 aliphatic rings. The predicted molar refractivity (Wildman–Crippen MR) is 75.9 cm³/mol. The molecule has 0 spiro atoms. The summed E-state index contributed by atoms with van der Waals surface area (Å²) in [4.78, 5) is 0. The lowest BCUT2D eigenvalue weighted by atomic mass is 9.49. The van der Waals surface area contributed by atoms with Gasteiger partial charge >= 0.3 is 0 Å². The second-order valence-corrected chi connectivity index (χ2v) is 7.17. The van der Waals surface area contributed by atoms with E-state index in [1.54, 1.807) is 0 Å². The fourth-order valence-electron chi connectivity index (χ4n) is 3.60. The lowest BCUT2D eigenvalue weighted by molar-refractivity contribution is -0.0235. The third-order valence-corrected chi connectivity index (χ3v) is 5.38. The van der Waals surface area contributed by atoms with Crippen LogP contribution in [0.25, 0.3) is 0 Å². The molecule has 0 heterocycles. The van der Waals surface area contributed by atoms with Crippen molar-refractivity contribution in [3.05, 3.63) is 11.6 Å². The Balaban J connectivity index is 1.36. The second kappa shape index (κ2) is 5.19. The first-order chi connectivity index (χ1) is 9.07. The van der Waals surface area contributed by atoms with E-state index in [2.05, 4.69) is 25.2 Å². The monoisotopic (exact) mass is 265 g/mol. The lowest BCUT2D eigenvalue weighted by Gasteiger charge is -2.56. The van der Waals surface area contributed by atoms with Gasteiger partial charge in [-0.1, -0.05) is 19.9 Å². The van der Waals surface area contributed by atoms with E-state index in [9.17, 15) is 5.11 Å². The van der Waals surface area contributed by atoms with Crippen molar-refractivity contribution in [1.29, 1.82) is 0 Å². The molecule has 2 saturated carbocycles. The van der Waals surface area contributed by atoms with Crippen LogP contribution in [-0.2, 0) is 4.74 Å². The van der Waals surface area contributed by atoms with Gasteiger partial charge < -0.3 is 15.2 Å². The second-order valence-electron chi connectivity index (χ2n) is 7.17. The minimum atomic E-state index is -0.369. The zero-order valence-corrected chi connectivity index (χ0v) is 12.2. The molecule has 0 aliphatic heterocycles. The van der Waals surface area contributed by atoms with Gasteiger partial charge in [-0.3, -0.25) is 0 Å². The number of ether oxygens (including phenoxy) is 1. The third kappa shape index (κ3) is 2.88. The molecule has 108 valence electrons. The van der Waals surface area contributed by atoms with Gasteiger partial charge in [-0.15, -0.1) is 0 Å². The Kier molecular flexibility index (Phi) is 3.71. The third-order valence-electron chi connectivity index (χ3n) is 5.38. The van der Waals surface area contributed by atoms with Crippen molar-refractivity contribution < 1.29 is 9.84 Å². The van der Waals surface area contributed by atoms with Crippen molar-refractivity contribution in [3.63, 3.8) is 0 Å². The molecular weight excluding hydrogens is 238 g/mol. The highest BCUT2D eigenvalue weighted by Crippen LogP contribution is 2.59. The number of aliphatic hydroxyl groups is 1. The zero-order valence-electron chi connectivity index (χ0n) is 12.2. The van der Waals surface area contributed by atoms with E-state index in [0.717, 1.165) is 5.92 Å². The molecule has 4 aliphatic carbocycles. The summed E-state index contributed by atoms with van der Waals surface area (Å²) >= 11 is 0. The SMILES string of the molecule is CC1(C)[C@H]2CC=C(COC[C@H](O)CNC3CC3)[C@H]1C2. The first-order valence-corrected chi connectivity index (χ1v) is 7.75. The first-order valence-electron chi connectivity index (χ1n) is 7.75. The van der Waals surface area contributed by atoms with E-state index >= 15 is 0 Å². The zero-order chi connectivity index (χ0) is 13.5. The Hall–Kier alpha value is -0.380. The van der Waals surface area contributed by atoms with Gasteiger partial charge in [0.15, 0.2) is 0 Å². The van der Waals surface area contributed by atoms with Crippen LogP contribution in [0, 0.1) is 17.3 Å². The van der Waals surface area contributed by atoms with E-state index < -0.39 is 0 Å². The lowest BCUT2D eigenvalue weighted by Crippen LogP contribution is -2.48. The fourth-order valence-corrected chi connectivity index (χ4v) is 3.60. The summed E-state index contributed by atoms with van der Waals surface area (Å²) in [6.07, 6.45) is 7.09. The van der Waals surface area contributed by atoms with E-state index in [1.807, 2.05) is 0 Å². The summed E-state index contributed by atoms with van der Waals surface area (Å²) in [6.45, 7) is 6.59.